The van der Waals surface area contributed by atoms with Crippen LogP contribution in [0.3, 0.4) is 0 Å². The number of methoxy groups -OCH3 is 1. The summed E-state index contributed by atoms with van der Waals surface area (Å²) < 4.78 is 17.5. The Morgan fingerprint density at radius 3 is 3.07 bits per heavy atom. The molecule has 0 fully saturated rings. The third kappa shape index (κ3) is 2.50. The van der Waals surface area contributed by atoms with Gasteiger partial charge >= 0.3 is 5.97 Å². The van der Waals surface area contributed by atoms with Gasteiger partial charge in [0.15, 0.2) is 0 Å². The van der Waals surface area contributed by atoms with Crippen molar-refractivity contribution in [2.24, 2.45) is 5.73 Å². The minimum absolute atomic E-state index is 0.0410. The Morgan fingerprint density at radius 2 is 2.50 bits per heavy atom. The predicted octanol–water partition coefficient (Wildman–Crippen LogP) is 0.263. The lowest BCUT2D eigenvalue weighted by atomic mass is 10.1. The van der Waals surface area contributed by atoms with E-state index in [1.165, 1.54) is 25.4 Å². The van der Waals surface area contributed by atoms with Crippen molar-refractivity contribution in [3.05, 3.63) is 29.8 Å². The Morgan fingerprint density at radius 1 is 1.79 bits per heavy atom. The molecule has 76 valence electrons. The molecule has 0 aliphatic carbocycles. The summed E-state index contributed by atoms with van der Waals surface area (Å²) in [7, 11) is 1.23. The minimum Gasteiger partial charge on any atom is -0.468 e. The van der Waals surface area contributed by atoms with Crippen LogP contribution in [0.2, 0.25) is 0 Å². The third-order valence-corrected chi connectivity index (χ3v) is 1.75. The number of hydrogen-bond acceptors (Lipinski definition) is 4. The van der Waals surface area contributed by atoms with Gasteiger partial charge in [-0.15, -0.1) is 0 Å². The number of aromatic nitrogens is 1. The normalized spacial score (nSPS) is 12.2. The summed E-state index contributed by atoms with van der Waals surface area (Å²) in [5, 5.41) is 0. The first kappa shape index (κ1) is 10.6. The third-order valence-electron chi connectivity index (χ3n) is 1.75. The number of carbonyl (C=O) groups excluding carboxylic acids is 1. The molecule has 0 saturated carbocycles. The highest BCUT2D eigenvalue weighted by atomic mass is 19.1. The quantitative estimate of drug-likeness (QED) is 0.708. The van der Waals surface area contributed by atoms with E-state index < -0.39 is 17.8 Å². The van der Waals surface area contributed by atoms with Crippen molar-refractivity contribution in [1.82, 2.24) is 4.98 Å². The Balaban J connectivity index is 2.69. The molecule has 2 N–H and O–H groups in total. The Kier molecular flexibility index (Phi) is 3.53. The topological polar surface area (TPSA) is 65.2 Å². The monoisotopic (exact) mass is 198 g/mol. The first-order valence-electron chi connectivity index (χ1n) is 4.08. The molecule has 0 spiro atoms. The van der Waals surface area contributed by atoms with Crippen LogP contribution in [0.5, 0.6) is 0 Å². The van der Waals surface area contributed by atoms with E-state index in [1.807, 2.05) is 0 Å². The van der Waals surface area contributed by atoms with Gasteiger partial charge in [0.05, 0.1) is 12.8 Å². The zero-order valence-electron chi connectivity index (χ0n) is 7.74. The predicted molar refractivity (Wildman–Crippen MR) is 47.9 cm³/mol. The molecule has 1 heterocycles. The highest BCUT2D eigenvalue weighted by Gasteiger charge is 2.16. The number of carbonyl (C=O) groups is 1. The van der Waals surface area contributed by atoms with Crippen molar-refractivity contribution in [3.8, 4) is 0 Å². The summed E-state index contributed by atoms with van der Waals surface area (Å²) in [6.07, 6.45) is 1.49. The fourth-order valence-electron chi connectivity index (χ4n) is 1.01. The molecule has 4 nitrogen and oxygen atoms in total. The molecule has 0 saturated heterocycles. The van der Waals surface area contributed by atoms with E-state index in [-0.39, 0.29) is 12.1 Å². The molecule has 1 atom stereocenters. The lowest BCUT2D eigenvalue weighted by Crippen LogP contribution is -2.34. The van der Waals surface area contributed by atoms with Gasteiger partial charge in [-0.1, -0.05) is 0 Å². The number of nitrogens with two attached hydrogens (primary N) is 1. The van der Waals surface area contributed by atoms with Crippen LogP contribution in [0.15, 0.2) is 18.3 Å². The van der Waals surface area contributed by atoms with E-state index in [0.29, 0.717) is 0 Å². The van der Waals surface area contributed by atoms with Crippen molar-refractivity contribution in [2.75, 3.05) is 7.11 Å². The molecule has 1 aromatic heterocycles. The molecule has 0 aromatic carbocycles. The number of ether oxygens (including phenoxy) is 1. The Labute approximate surface area is 80.9 Å². The zero-order chi connectivity index (χ0) is 10.6. The molecular weight excluding hydrogens is 187 g/mol. The second-order valence-electron chi connectivity index (χ2n) is 2.77. The van der Waals surface area contributed by atoms with Crippen LogP contribution in [0.25, 0.3) is 0 Å². The summed E-state index contributed by atoms with van der Waals surface area (Å²) in [5.74, 6) is -1.04. The van der Waals surface area contributed by atoms with Crippen LogP contribution in [0.1, 0.15) is 5.69 Å². The molecule has 14 heavy (non-hydrogen) atoms. The summed E-state index contributed by atoms with van der Waals surface area (Å²) in [6.45, 7) is 0. The van der Waals surface area contributed by atoms with E-state index in [4.69, 9.17) is 5.73 Å². The van der Waals surface area contributed by atoms with Gasteiger partial charge in [-0.05, 0) is 12.1 Å². The summed E-state index contributed by atoms with van der Waals surface area (Å²) >= 11 is 0. The second kappa shape index (κ2) is 4.66. The van der Waals surface area contributed by atoms with E-state index >= 15 is 0 Å². The molecule has 5 heteroatoms. The summed E-state index contributed by atoms with van der Waals surface area (Å²) in [4.78, 5) is 14.7. The fraction of sp³-hybridized carbons (Fsp3) is 0.333. The number of nitrogens with zero attached hydrogens (tertiary/aromatic N) is 1. The Hall–Kier alpha value is -1.49. The molecule has 1 aromatic rings. The van der Waals surface area contributed by atoms with Crippen molar-refractivity contribution in [2.45, 2.75) is 12.5 Å². The van der Waals surface area contributed by atoms with Crippen LogP contribution in [0, 0.1) is 5.82 Å². The number of pyridine rings is 1. The SMILES string of the molecule is COC(=O)[C@@H](N)Cc1ncccc1F. The minimum atomic E-state index is -0.871. The van der Waals surface area contributed by atoms with Crippen molar-refractivity contribution in [1.29, 1.82) is 0 Å². The van der Waals surface area contributed by atoms with Crippen LogP contribution in [-0.4, -0.2) is 24.1 Å². The highest BCUT2D eigenvalue weighted by Crippen LogP contribution is 2.05. The summed E-state index contributed by atoms with van der Waals surface area (Å²) in [5.41, 5.74) is 5.62. The van der Waals surface area contributed by atoms with Crippen molar-refractivity contribution >= 4 is 5.97 Å². The molecule has 0 radical (unpaired) electrons. The van der Waals surface area contributed by atoms with E-state index in [0.717, 1.165) is 0 Å². The maximum absolute atomic E-state index is 13.0. The van der Waals surface area contributed by atoms with Crippen molar-refractivity contribution < 1.29 is 13.9 Å². The molecular formula is C9H11FN2O2. The van der Waals surface area contributed by atoms with Gasteiger partial charge in [0.2, 0.25) is 0 Å². The standard InChI is InChI=1S/C9H11FN2O2/c1-14-9(13)7(11)5-8-6(10)3-2-4-12-8/h2-4,7H,5,11H2,1H3/t7-/m0/s1. The maximum Gasteiger partial charge on any atom is 0.323 e. The lowest BCUT2D eigenvalue weighted by molar-refractivity contribution is -0.142. The summed E-state index contributed by atoms with van der Waals surface area (Å²) in [6, 6.07) is 1.87. The number of esters is 1. The van der Waals surface area contributed by atoms with E-state index in [1.54, 1.807) is 0 Å². The molecule has 0 aliphatic rings. The number of halogens is 1. The largest absolute Gasteiger partial charge is 0.468 e. The average Bonchev–Trinajstić information content (AvgIpc) is 2.20. The van der Waals surface area contributed by atoms with Gasteiger partial charge in [0, 0.05) is 12.6 Å². The van der Waals surface area contributed by atoms with Gasteiger partial charge in [0.25, 0.3) is 0 Å². The van der Waals surface area contributed by atoms with Gasteiger partial charge in [-0.25, -0.2) is 4.39 Å². The lowest BCUT2D eigenvalue weighted by Gasteiger charge is -2.08. The molecule has 0 aliphatic heterocycles. The van der Waals surface area contributed by atoms with Crippen LogP contribution in [0.4, 0.5) is 4.39 Å². The average molecular weight is 198 g/mol. The molecule has 0 amide bonds. The first-order chi connectivity index (χ1) is 6.65. The van der Waals surface area contributed by atoms with Gasteiger partial charge in [-0.3, -0.25) is 9.78 Å². The second-order valence-corrected chi connectivity index (χ2v) is 2.77. The number of rotatable bonds is 3. The fourth-order valence-corrected chi connectivity index (χ4v) is 1.01. The molecule has 0 bridgehead atoms. The number of hydrogen-bond donors (Lipinski definition) is 1. The van der Waals surface area contributed by atoms with Crippen LogP contribution >= 0.6 is 0 Å². The maximum atomic E-state index is 13.0. The van der Waals surface area contributed by atoms with Crippen molar-refractivity contribution in [3.63, 3.8) is 0 Å². The highest BCUT2D eigenvalue weighted by molar-refractivity contribution is 5.75. The van der Waals surface area contributed by atoms with E-state index in [9.17, 15) is 9.18 Å². The van der Waals surface area contributed by atoms with Crippen LogP contribution < -0.4 is 5.73 Å². The Bertz CT molecular complexity index is 330. The molecule has 1 rings (SSSR count). The smallest absolute Gasteiger partial charge is 0.323 e. The van der Waals surface area contributed by atoms with Gasteiger partial charge in [0.1, 0.15) is 11.9 Å². The first-order valence-corrected chi connectivity index (χ1v) is 4.08. The van der Waals surface area contributed by atoms with E-state index in [2.05, 4.69) is 9.72 Å². The van der Waals surface area contributed by atoms with Gasteiger partial charge in [-0.2, -0.15) is 0 Å². The van der Waals surface area contributed by atoms with Crippen LogP contribution in [-0.2, 0) is 16.0 Å². The molecule has 0 unspecified atom stereocenters. The zero-order valence-corrected chi connectivity index (χ0v) is 7.74. The van der Waals surface area contributed by atoms with Gasteiger partial charge < -0.3 is 10.5 Å².